The molecule has 3 aromatic rings. The summed E-state index contributed by atoms with van der Waals surface area (Å²) in [5.74, 6) is 2.07. The highest BCUT2D eigenvalue weighted by Crippen LogP contribution is 2.49. The van der Waals surface area contributed by atoms with E-state index < -0.39 is 10.8 Å². The van der Waals surface area contributed by atoms with Crippen molar-refractivity contribution in [1.29, 1.82) is 0 Å². The molecule has 0 unspecified atom stereocenters. The second-order valence-corrected chi connectivity index (χ2v) is 9.49. The van der Waals surface area contributed by atoms with Gasteiger partial charge in [0.1, 0.15) is 11.3 Å². The van der Waals surface area contributed by atoms with Gasteiger partial charge in [-0.2, -0.15) is 4.31 Å². The van der Waals surface area contributed by atoms with E-state index in [2.05, 4.69) is 23.4 Å². The summed E-state index contributed by atoms with van der Waals surface area (Å²) in [4.78, 5) is 9.26. The Labute approximate surface area is 154 Å². The zero-order valence-electron chi connectivity index (χ0n) is 15.1. The Morgan fingerprint density at radius 2 is 2.00 bits per heavy atom. The molecule has 1 aromatic carbocycles. The second kappa shape index (κ2) is 6.38. The van der Waals surface area contributed by atoms with E-state index in [1.807, 2.05) is 24.3 Å². The second-order valence-electron chi connectivity index (χ2n) is 7.30. The number of benzene rings is 1. The molecule has 3 heterocycles. The topological polar surface area (TPSA) is 100 Å². The van der Waals surface area contributed by atoms with E-state index in [0.29, 0.717) is 36.1 Å². The first-order chi connectivity index (χ1) is 12.4. The molecule has 1 fully saturated rings. The number of rotatable bonds is 4. The molecule has 0 radical (unpaired) electrons. The van der Waals surface area contributed by atoms with Gasteiger partial charge in [-0.1, -0.05) is 32.0 Å². The van der Waals surface area contributed by atoms with Crippen molar-refractivity contribution in [3.05, 3.63) is 30.1 Å². The highest BCUT2D eigenvalue weighted by Gasteiger charge is 2.30. The summed E-state index contributed by atoms with van der Waals surface area (Å²) in [6.07, 6.45) is 0.791. The lowest BCUT2D eigenvalue weighted by molar-refractivity contribution is 0.360. The molecule has 4 rings (SSSR count). The smallest absolute Gasteiger partial charge is 0.152 e. The predicted octanol–water partition coefficient (Wildman–Crippen LogP) is 3.69. The fourth-order valence-electron chi connectivity index (χ4n) is 3.64. The van der Waals surface area contributed by atoms with Crippen LogP contribution in [0, 0.1) is 5.92 Å². The van der Waals surface area contributed by atoms with Crippen molar-refractivity contribution in [2.75, 3.05) is 18.0 Å². The Morgan fingerprint density at radius 1 is 1.23 bits per heavy atom. The van der Waals surface area contributed by atoms with Gasteiger partial charge < -0.3 is 10.3 Å². The molecule has 140 valence electrons. The number of anilines is 1. The highest BCUT2D eigenvalue weighted by atomic mass is 32.3. The molecule has 4 N–H and O–H groups in total. The number of nitrogens with zero attached hydrogens (tertiary/aromatic N) is 4. The molecule has 2 aromatic heterocycles. The van der Waals surface area contributed by atoms with Crippen LogP contribution >= 0.6 is 10.8 Å². The molecular formula is C18H25N5O2S. The van der Waals surface area contributed by atoms with E-state index in [0.717, 1.165) is 35.2 Å². The van der Waals surface area contributed by atoms with Crippen molar-refractivity contribution in [1.82, 2.24) is 18.8 Å². The van der Waals surface area contributed by atoms with Crippen LogP contribution in [0.1, 0.15) is 26.1 Å². The monoisotopic (exact) mass is 375 g/mol. The molecular weight excluding hydrogens is 350 g/mol. The normalized spacial score (nSPS) is 19.0. The van der Waals surface area contributed by atoms with Crippen LogP contribution in [0.15, 0.2) is 24.3 Å². The number of imidazole rings is 1. The van der Waals surface area contributed by atoms with Gasteiger partial charge in [0.2, 0.25) is 0 Å². The lowest BCUT2D eigenvalue weighted by atomic mass is 10.1. The largest absolute Gasteiger partial charge is 0.382 e. The molecule has 0 amide bonds. The van der Waals surface area contributed by atoms with Gasteiger partial charge in [-0.15, -0.1) is 10.8 Å². The molecule has 1 aliphatic rings. The summed E-state index contributed by atoms with van der Waals surface area (Å²) in [5, 5.41) is 1.02. The van der Waals surface area contributed by atoms with E-state index >= 15 is 0 Å². The maximum Gasteiger partial charge on any atom is 0.152 e. The predicted molar refractivity (Wildman–Crippen MR) is 107 cm³/mol. The first-order valence-electron chi connectivity index (χ1n) is 8.91. The summed E-state index contributed by atoms with van der Waals surface area (Å²) < 4.78 is 24.5. The minimum absolute atomic E-state index is 0.400. The van der Waals surface area contributed by atoms with Gasteiger partial charge in [0.05, 0.1) is 23.3 Å². The number of para-hydroxylation sites is 1. The third kappa shape index (κ3) is 2.92. The first kappa shape index (κ1) is 17.5. The Kier molecular flexibility index (Phi) is 4.31. The average molecular weight is 375 g/mol. The zero-order chi connectivity index (χ0) is 18.5. The molecule has 7 nitrogen and oxygen atoms in total. The third-order valence-electron chi connectivity index (χ3n) is 4.79. The van der Waals surface area contributed by atoms with Gasteiger partial charge >= 0.3 is 0 Å². The lowest BCUT2D eigenvalue weighted by Crippen LogP contribution is -2.24. The number of hydrogen-bond donors (Lipinski definition) is 3. The molecule has 1 aliphatic heterocycles. The Morgan fingerprint density at radius 3 is 2.69 bits per heavy atom. The minimum Gasteiger partial charge on any atom is -0.382 e. The van der Waals surface area contributed by atoms with Crippen LogP contribution in [0.25, 0.3) is 21.9 Å². The molecule has 0 saturated carbocycles. The number of aromatic nitrogens is 3. The summed E-state index contributed by atoms with van der Waals surface area (Å²) in [7, 11) is -2.69. The molecule has 0 spiro atoms. The fourth-order valence-corrected chi connectivity index (χ4v) is 5.16. The van der Waals surface area contributed by atoms with Crippen LogP contribution in [0.2, 0.25) is 0 Å². The van der Waals surface area contributed by atoms with E-state index in [1.54, 1.807) is 4.31 Å². The number of nitrogens with two attached hydrogens (primary N) is 1. The molecule has 0 bridgehead atoms. The van der Waals surface area contributed by atoms with Gasteiger partial charge in [0, 0.05) is 18.5 Å². The van der Waals surface area contributed by atoms with E-state index in [-0.39, 0.29) is 0 Å². The van der Waals surface area contributed by atoms with Crippen LogP contribution in [-0.2, 0) is 13.1 Å². The SMILES string of the molecule is CC(C)Cn1c(CN2CCCS2(O)O)nc2c(N)nc3ccccc3c21. The number of nitrogen functional groups attached to an aromatic ring is 1. The van der Waals surface area contributed by atoms with Crippen LogP contribution in [-0.4, -0.2) is 40.2 Å². The van der Waals surface area contributed by atoms with Gasteiger partial charge in [-0.25, -0.2) is 9.97 Å². The summed E-state index contributed by atoms with van der Waals surface area (Å²) in [6.45, 7) is 6.17. The molecule has 1 saturated heterocycles. The van der Waals surface area contributed by atoms with Crippen molar-refractivity contribution in [2.45, 2.75) is 33.4 Å². The maximum absolute atomic E-state index is 10.3. The molecule has 26 heavy (non-hydrogen) atoms. The molecule has 8 heteroatoms. The van der Waals surface area contributed by atoms with Crippen LogP contribution in [0.5, 0.6) is 0 Å². The van der Waals surface area contributed by atoms with Crippen molar-refractivity contribution < 1.29 is 9.11 Å². The average Bonchev–Trinajstić information content (AvgIpc) is 3.09. The van der Waals surface area contributed by atoms with Gasteiger partial charge in [-0.05, 0) is 18.4 Å². The van der Waals surface area contributed by atoms with Crippen molar-refractivity contribution >= 4 is 38.5 Å². The van der Waals surface area contributed by atoms with E-state index in [4.69, 9.17) is 10.7 Å². The summed E-state index contributed by atoms with van der Waals surface area (Å²) >= 11 is 0. The first-order valence-corrected chi connectivity index (χ1v) is 10.6. The standard InChI is InChI=1S/C18H25N5O2S/c1-12(2)10-23-15(11-22-8-5-9-26(22,24)25)21-16-17(23)13-6-3-4-7-14(13)20-18(16)19/h3-4,6-7,12,24-25H,5,8-11H2,1-2H3,(H2,19,20). The molecule has 0 aliphatic carbocycles. The Balaban J connectivity index is 1.92. The Hall–Kier alpha value is -1.87. The van der Waals surface area contributed by atoms with Crippen molar-refractivity contribution in [3.63, 3.8) is 0 Å². The van der Waals surface area contributed by atoms with Crippen molar-refractivity contribution in [2.24, 2.45) is 5.92 Å². The van der Waals surface area contributed by atoms with Crippen LogP contribution in [0.4, 0.5) is 5.82 Å². The minimum atomic E-state index is -2.69. The maximum atomic E-state index is 10.3. The summed E-state index contributed by atoms with van der Waals surface area (Å²) in [5.41, 5.74) is 8.72. The summed E-state index contributed by atoms with van der Waals surface area (Å²) in [6, 6.07) is 7.93. The van der Waals surface area contributed by atoms with Gasteiger partial charge in [-0.3, -0.25) is 9.11 Å². The highest BCUT2D eigenvalue weighted by molar-refractivity contribution is 8.22. The van der Waals surface area contributed by atoms with E-state index in [9.17, 15) is 9.11 Å². The van der Waals surface area contributed by atoms with Crippen LogP contribution < -0.4 is 5.73 Å². The fraction of sp³-hybridized carbons (Fsp3) is 0.444. The third-order valence-corrected chi connectivity index (χ3v) is 6.77. The molecule has 0 atom stereocenters. The van der Waals surface area contributed by atoms with Crippen molar-refractivity contribution in [3.8, 4) is 0 Å². The van der Waals surface area contributed by atoms with E-state index in [1.165, 1.54) is 0 Å². The lowest BCUT2D eigenvalue weighted by Gasteiger charge is -2.36. The Bertz CT molecular complexity index is 969. The van der Waals surface area contributed by atoms with Gasteiger partial charge in [0.25, 0.3) is 0 Å². The van der Waals surface area contributed by atoms with Crippen LogP contribution in [0.3, 0.4) is 0 Å². The quantitative estimate of drug-likeness (QED) is 0.643. The number of fused-ring (bicyclic) bond motifs is 3. The zero-order valence-corrected chi connectivity index (χ0v) is 15.9. The van der Waals surface area contributed by atoms with Gasteiger partial charge in [0.15, 0.2) is 5.82 Å². The number of hydrogen-bond acceptors (Lipinski definition) is 6. The number of pyridine rings is 1.